The van der Waals surface area contributed by atoms with Gasteiger partial charge in [-0.15, -0.1) is 0 Å². The molecule has 0 bridgehead atoms. The molecule has 104 valence electrons. The summed E-state index contributed by atoms with van der Waals surface area (Å²) in [4.78, 5) is 4.22. The molecule has 19 heavy (non-hydrogen) atoms. The van der Waals surface area contributed by atoms with Gasteiger partial charge < -0.3 is 14.3 Å². The first kappa shape index (κ1) is 13.9. The highest BCUT2D eigenvalue weighted by molar-refractivity contribution is 5.23. The van der Waals surface area contributed by atoms with Crippen LogP contribution in [-0.2, 0) is 13.1 Å². The Morgan fingerprint density at radius 2 is 2.21 bits per heavy atom. The number of imidazole rings is 1. The molecule has 2 aromatic heterocycles. The van der Waals surface area contributed by atoms with E-state index in [4.69, 9.17) is 4.42 Å². The van der Waals surface area contributed by atoms with Crippen molar-refractivity contribution < 1.29 is 4.42 Å². The largest absolute Gasteiger partial charge is 0.466 e. The number of nitrogens with one attached hydrogen (secondary N) is 1. The highest BCUT2D eigenvalue weighted by atomic mass is 16.3. The Balaban J connectivity index is 1.98. The third kappa shape index (κ3) is 3.26. The zero-order chi connectivity index (χ0) is 13.8. The summed E-state index contributed by atoms with van der Waals surface area (Å²) in [5.74, 6) is 1.97. The molecule has 0 saturated heterocycles. The van der Waals surface area contributed by atoms with Gasteiger partial charge in [0.15, 0.2) is 0 Å². The van der Waals surface area contributed by atoms with Crippen LogP contribution in [0.15, 0.2) is 23.0 Å². The van der Waals surface area contributed by atoms with Crippen LogP contribution >= 0.6 is 0 Å². The molecule has 0 aliphatic heterocycles. The molecule has 4 nitrogen and oxygen atoms in total. The maximum absolute atomic E-state index is 5.58. The van der Waals surface area contributed by atoms with Crippen LogP contribution in [0.4, 0.5) is 0 Å². The van der Waals surface area contributed by atoms with E-state index in [0.29, 0.717) is 0 Å². The number of hydrogen-bond acceptors (Lipinski definition) is 3. The van der Waals surface area contributed by atoms with Gasteiger partial charge in [-0.2, -0.15) is 0 Å². The second-order valence-electron chi connectivity index (χ2n) is 5.05. The number of hydrogen-bond donors (Lipinski definition) is 1. The molecule has 1 atom stereocenters. The Morgan fingerprint density at radius 3 is 2.84 bits per heavy atom. The molecule has 0 amide bonds. The number of rotatable bonds is 6. The number of furan rings is 1. The summed E-state index contributed by atoms with van der Waals surface area (Å²) in [7, 11) is 0. The van der Waals surface area contributed by atoms with Crippen LogP contribution in [-0.4, -0.2) is 9.55 Å². The SMILES string of the molecule is CCCn1cncc1CNC(C)c1cc(C)oc1C. The fraction of sp³-hybridized carbons (Fsp3) is 0.533. The first-order valence-electron chi connectivity index (χ1n) is 6.91. The average Bonchev–Trinajstić information content (AvgIpc) is 2.93. The smallest absolute Gasteiger partial charge is 0.105 e. The van der Waals surface area contributed by atoms with Crippen molar-refractivity contribution in [2.45, 2.75) is 53.2 Å². The van der Waals surface area contributed by atoms with Crippen molar-refractivity contribution in [2.24, 2.45) is 0 Å². The molecule has 4 heteroatoms. The van der Waals surface area contributed by atoms with Crippen molar-refractivity contribution in [3.8, 4) is 0 Å². The molecule has 0 aliphatic carbocycles. The van der Waals surface area contributed by atoms with E-state index in [0.717, 1.165) is 31.0 Å². The van der Waals surface area contributed by atoms with Gasteiger partial charge in [-0.1, -0.05) is 6.92 Å². The van der Waals surface area contributed by atoms with Crippen LogP contribution in [0, 0.1) is 13.8 Å². The summed E-state index contributed by atoms with van der Waals surface area (Å²) >= 11 is 0. The first-order chi connectivity index (χ1) is 9.11. The quantitative estimate of drug-likeness (QED) is 0.867. The van der Waals surface area contributed by atoms with Crippen LogP contribution in [0.25, 0.3) is 0 Å². The minimum atomic E-state index is 0.280. The standard InChI is InChI=1S/C15H23N3O/c1-5-6-18-10-16-8-14(18)9-17-12(3)15-7-11(2)19-13(15)4/h7-8,10,12,17H,5-6,9H2,1-4H3. The van der Waals surface area contributed by atoms with Gasteiger partial charge in [-0.05, 0) is 33.3 Å². The van der Waals surface area contributed by atoms with E-state index in [1.807, 2.05) is 26.4 Å². The Bertz CT molecular complexity index is 527. The van der Waals surface area contributed by atoms with E-state index in [9.17, 15) is 0 Å². The third-order valence-electron chi connectivity index (χ3n) is 3.40. The summed E-state index contributed by atoms with van der Waals surface area (Å²) in [6.07, 6.45) is 4.96. The van der Waals surface area contributed by atoms with Crippen molar-refractivity contribution in [1.82, 2.24) is 14.9 Å². The lowest BCUT2D eigenvalue weighted by atomic mass is 10.1. The van der Waals surface area contributed by atoms with Crippen LogP contribution < -0.4 is 5.32 Å². The van der Waals surface area contributed by atoms with Gasteiger partial charge in [0.05, 0.1) is 12.0 Å². The molecular weight excluding hydrogens is 238 g/mol. The van der Waals surface area contributed by atoms with Crippen molar-refractivity contribution in [1.29, 1.82) is 0 Å². The molecular formula is C15H23N3O. The van der Waals surface area contributed by atoms with Gasteiger partial charge in [0.25, 0.3) is 0 Å². The molecule has 0 spiro atoms. The van der Waals surface area contributed by atoms with E-state index in [1.54, 1.807) is 0 Å². The normalized spacial score (nSPS) is 12.8. The summed E-state index contributed by atoms with van der Waals surface area (Å²) < 4.78 is 7.78. The predicted octanol–water partition coefficient (Wildman–Crippen LogP) is 3.35. The molecule has 0 aromatic carbocycles. The number of aryl methyl sites for hydroxylation is 3. The minimum Gasteiger partial charge on any atom is -0.466 e. The molecule has 0 saturated carbocycles. The van der Waals surface area contributed by atoms with E-state index >= 15 is 0 Å². The van der Waals surface area contributed by atoms with Crippen molar-refractivity contribution in [3.63, 3.8) is 0 Å². The fourth-order valence-electron chi connectivity index (χ4n) is 2.39. The highest BCUT2D eigenvalue weighted by Gasteiger charge is 2.12. The first-order valence-corrected chi connectivity index (χ1v) is 6.91. The number of aromatic nitrogens is 2. The summed E-state index contributed by atoms with van der Waals surface area (Å²) in [5.41, 5.74) is 2.46. The third-order valence-corrected chi connectivity index (χ3v) is 3.40. The highest BCUT2D eigenvalue weighted by Crippen LogP contribution is 2.21. The Labute approximate surface area is 114 Å². The Hall–Kier alpha value is -1.55. The molecule has 1 N–H and O–H groups in total. The molecule has 2 heterocycles. The van der Waals surface area contributed by atoms with E-state index in [2.05, 4.69) is 34.8 Å². The Morgan fingerprint density at radius 1 is 1.42 bits per heavy atom. The second-order valence-corrected chi connectivity index (χ2v) is 5.05. The van der Waals surface area contributed by atoms with Crippen molar-refractivity contribution in [3.05, 3.63) is 41.4 Å². The summed E-state index contributed by atoms with van der Waals surface area (Å²) in [6, 6.07) is 2.39. The van der Waals surface area contributed by atoms with Gasteiger partial charge in [0.1, 0.15) is 11.5 Å². The Kier molecular flexibility index (Phi) is 4.43. The van der Waals surface area contributed by atoms with Gasteiger partial charge in [-0.25, -0.2) is 4.98 Å². The van der Waals surface area contributed by atoms with E-state index in [-0.39, 0.29) is 6.04 Å². The van der Waals surface area contributed by atoms with Gasteiger partial charge in [-0.3, -0.25) is 0 Å². The molecule has 2 rings (SSSR count). The zero-order valence-corrected chi connectivity index (χ0v) is 12.2. The summed E-state index contributed by atoms with van der Waals surface area (Å²) in [5, 5.41) is 3.53. The minimum absolute atomic E-state index is 0.280. The van der Waals surface area contributed by atoms with Crippen LogP contribution in [0.1, 0.15) is 49.1 Å². The number of nitrogens with zero attached hydrogens (tertiary/aromatic N) is 2. The van der Waals surface area contributed by atoms with E-state index < -0.39 is 0 Å². The van der Waals surface area contributed by atoms with Gasteiger partial charge >= 0.3 is 0 Å². The van der Waals surface area contributed by atoms with Gasteiger partial charge in [0.2, 0.25) is 0 Å². The lowest BCUT2D eigenvalue weighted by Gasteiger charge is -2.14. The van der Waals surface area contributed by atoms with Crippen LogP contribution in [0.2, 0.25) is 0 Å². The monoisotopic (exact) mass is 261 g/mol. The van der Waals surface area contributed by atoms with Crippen molar-refractivity contribution >= 4 is 0 Å². The lowest BCUT2D eigenvalue weighted by molar-refractivity contribution is 0.486. The second kappa shape index (κ2) is 6.06. The maximum Gasteiger partial charge on any atom is 0.105 e. The predicted molar refractivity (Wildman–Crippen MR) is 76.0 cm³/mol. The average molecular weight is 261 g/mol. The molecule has 0 aliphatic rings. The molecule has 2 aromatic rings. The van der Waals surface area contributed by atoms with Gasteiger partial charge in [0, 0.05) is 30.9 Å². The maximum atomic E-state index is 5.58. The summed E-state index contributed by atoms with van der Waals surface area (Å²) in [6.45, 7) is 10.2. The fourth-order valence-corrected chi connectivity index (χ4v) is 2.39. The van der Waals surface area contributed by atoms with E-state index in [1.165, 1.54) is 11.3 Å². The zero-order valence-electron chi connectivity index (χ0n) is 12.2. The molecule has 1 unspecified atom stereocenters. The van der Waals surface area contributed by atoms with Crippen molar-refractivity contribution in [2.75, 3.05) is 0 Å². The van der Waals surface area contributed by atoms with Crippen LogP contribution in [0.3, 0.4) is 0 Å². The molecule has 0 radical (unpaired) electrons. The topological polar surface area (TPSA) is 43.0 Å². The lowest BCUT2D eigenvalue weighted by Crippen LogP contribution is -2.20. The van der Waals surface area contributed by atoms with Crippen LogP contribution in [0.5, 0.6) is 0 Å². The molecule has 0 fully saturated rings.